The Morgan fingerprint density at radius 2 is 1.97 bits per heavy atom. The van der Waals surface area contributed by atoms with E-state index in [1.807, 2.05) is 54.3 Å². The maximum absolute atomic E-state index is 13.2. The fraction of sp³-hybridized carbons (Fsp3) is 0.292. The van der Waals surface area contributed by atoms with Crippen molar-refractivity contribution in [3.63, 3.8) is 0 Å². The molecule has 7 heteroatoms. The number of hydrogen-bond acceptors (Lipinski definition) is 4. The first-order valence-corrected chi connectivity index (χ1v) is 10.6. The minimum absolute atomic E-state index is 0.00596. The number of aromatic nitrogens is 2. The van der Waals surface area contributed by atoms with Crippen LogP contribution in [0.15, 0.2) is 42.5 Å². The summed E-state index contributed by atoms with van der Waals surface area (Å²) in [4.78, 5) is 22.2. The van der Waals surface area contributed by atoms with Crippen LogP contribution in [0, 0.1) is 18.3 Å². The van der Waals surface area contributed by atoms with E-state index >= 15 is 0 Å². The van der Waals surface area contributed by atoms with Crippen LogP contribution in [-0.4, -0.2) is 39.0 Å². The molecular formula is C24H23ClN4O2. The first-order valence-electron chi connectivity index (χ1n) is 10.3. The Labute approximate surface area is 186 Å². The van der Waals surface area contributed by atoms with E-state index in [1.54, 1.807) is 0 Å². The van der Waals surface area contributed by atoms with Crippen molar-refractivity contribution < 1.29 is 9.90 Å². The number of hydrogen-bond donors (Lipinski definition) is 2. The molecule has 0 saturated carbocycles. The van der Waals surface area contributed by atoms with Gasteiger partial charge in [-0.15, -0.1) is 0 Å². The number of carbonyl (C=O) groups excluding carboxylic acids is 1. The van der Waals surface area contributed by atoms with Crippen molar-refractivity contribution in [2.24, 2.45) is 0 Å². The van der Waals surface area contributed by atoms with Gasteiger partial charge in [0.15, 0.2) is 0 Å². The lowest BCUT2D eigenvalue weighted by atomic mass is 9.88. The standard InChI is InChI=1S/C24H23ClN4O2/c1-15-2-5-19(12-20(15)22-23(25)28-21(14-30)27-22)24(31)29-10-8-18(9-11-29)17-6-3-16(13-26)4-7-17/h2-7,12,18,30H,8-11,14H2,1H3,(H,27,28). The zero-order valence-corrected chi connectivity index (χ0v) is 18.0. The molecule has 2 N–H and O–H groups in total. The number of rotatable bonds is 4. The van der Waals surface area contributed by atoms with E-state index < -0.39 is 0 Å². The predicted octanol–water partition coefficient (Wildman–Crippen LogP) is 4.42. The van der Waals surface area contributed by atoms with Crippen LogP contribution in [0.2, 0.25) is 5.15 Å². The Morgan fingerprint density at radius 1 is 1.26 bits per heavy atom. The maximum atomic E-state index is 13.2. The van der Waals surface area contributed by atoms with Crippen LogP contribution in [0.4, 0.5) is 0 Å². The van der Waals surface area contributed by atoms with Crippen molar-refractivity contribution in [2.75, 3.05) is 13.1 Å². The molecule has 158 valence electrons. The van der Waals surface area contributed by atoms with E-state index in [-0.39, 0.29) is 12.5 Å². The molecule has 2 heterocycles. The van der Waals surface area contributed by atoms with Crippen LogP contribution >= 0.6 is 11.6 Å². The smallest absolute Gasteiger partial charge is 0.253 e. The Bertz CT molecular complexity index is 1140. The molecule has 3 aromatic rings. The quantitative estimate of drug-likeness (QED) is 0.635. The van der Waals surface area contributed by atoms with Crippen LogP contribution < -0.4 is 0 Å². The Kier molecular flexibility index (Phi) is 6.08. The van der Waals surface area contributed by atoms with Crippen molar-refractivity contribution in [3.05, 3.63) is 75.7 Å². The van der Waals surface area contributed by atoms with Crippen molar-refractivity contribution in [2.45, 2.75) is 32.3 Å². The van der Waals surface area contributed by atoms with Gasteiger partial charge in [0.05, 0.1) is 11.6 Å². The van der Waals surface area contributed by atoms with Crippen LogP contribution in [-0.2, 0) is 6.61 Å². The largest absolute Gasteiger partial charge is 0.388 e. The molecule has 1 aliphatic heterocycles. The summed E-state index contributed by atoms with van der Waals surface area (Å²) in [5.41, 5.74) is 4.75. The fourth-order valence-corrected chi connectivity index (χ4v) is 4.34. The number of aliphatic hydroxyl groups excluding tert-OH is 1. The first kappa shape index (κ1) is 21.1. The number of nitrogens with zero attached hydrogens (tertiary/aromatic N) is 3. The fourth-order valence-electron chi connectivity index (χ4n) is 4.09. The highest BCUT2D eigenvalue weighted by atomic mass is 35.5. The number of aliphatic hydroxyl groups is 1. The van der Waals surface area contributed by atoms with Gasteiger partial charge >= 0.3 is 0 Å². The number of amides is 1. The third-order valence-electron chi connectivity index (χ3n) is 5.89. The van der Waals surface area contributed by atoms with E-state index in [1.165, 1.54) is 5.56 Å². The summed E-state index contributed by atoms with van der Waals surface area (Å²) >= 11 is 6.26. The van der Waals surface area contributed by atoms with Crippen molar-refractivity contribution in [1.29, 1.82) is 5.26 Å². The Morgan fingerprint density at radius 3 is 2.58 bits per heavy atom. The van der Waals surface area contributed by atoms with Gasteiger partial charge in [0.25, 0.3) is 5.91 Å². The number of halogens is 1. The maximum Gasteiger partial charge on any atom is 0.253 e. The highest BCUT2D eigenvalue weighted by molar-refractivity contribution is 6.32. The second-order valence-corrected chi connectivity index (χ2v) is 8.21. The molecule has 6 nitrogen and oxygen atoms in total. The van der Waals surface area contributed by atoms with Gasteiger partial charge < -0.3 is 15.0 Å². The second kappa shape index (κ2) is 8.93. The number of benzene rings is 2. The van der Waals surface area contributed by atoms with Crippen LogP contribution in [0.3, 0.4) is 0 Å². The molecule has 4 rings (SSSR count). The predicted molar refractivity (Wildman–Crippen MR) is 119 cm³/mol. The molecule has 0 radical (unpaired) electrons. The number of nitrogens with one attached hydrogen (secondary N) is 1. The average molecular weight is 435 g/mol. The molecule has 2 aromatic carbocycles. The average Bonchev–Trinajstić information content (AvgIpc) is 3.19. The van der Waals surface area contributed by atoms with Crippen molar-refractivity contribution >= 4 is 17.5 Å². The van der Waals surface area contributed by atoms with E-state index in [2.05, 4.69) is 16.0 Å². The number of likely N-dealkylation sites (tertiary alicyclic amines) is 1. The number of carbonyl (C=O) groups is 1. The number of H-pyrrole nitrogens is 1. The third kappa shape index (κ3) is 4.34. The molecule has 1 fully saturated rings. The van der Waals surface area contributed by atoms with Crippen molar-refractivity contribution in [1.82, 2.24) is 14.9 Å². The first-order chi connectivity index (χ1) is 15.0. The zero-order chi connectivity index (χ0) is 22.0. The summed E-state index contributed by atoms with van der Waals surface area (Å²) in [7, 11) is 0. The van der Waals surface area contributed by atoms with Crippen LogP contribution in [0.5, 0.6) is 0 Å². The molecule has 0 atom stereocenters. The van der Waals surface area contributed by atoms with Gasteiger partial charge in [-0.3, -0.25) is 4.79 Å². The van der Waals surface area contributed by atoms with Crippen LogP contribution in [0.25, 0.3) is 11.3 Å². The van der Waals surface area contributed by atoms with Gasteiger partial charge in [0, 0.05) is 24.2 Å². The van der Waals surface area contributed by atoms with Crippen molar-refractivity contribution in [3.8, 4) is 17.3 Å². The highest BCUT2D eigenvalue weighted by Gasteiger charge is 2.25. The molecule has 1 saturated heterocycles. The van der Waals surface area contributed by atoms with E-state index in [0.29, 0.717) is 46.8 Å². The second-order valence-electron chi connectivity index (χ2n) is 7.83. The molecule has 1 amide bonds. The normalized spacial score (nSPS) is 14.5. The SMILES string of the molecule is Cc1ccc(C(=O)N2CCC(c3ccc(C#N)cc3)CC2)cc1-c1nc(CO)[nH]c1Cl. The van der Waals surface area contributed by atoms with Crippen LogP contribution in [0.1, 0.15) is 51.6 Å². The number of nitriles is 1. The summed E-state index contributed by atoms with van der Waals surface area (Å²) < 4.78 is 0. The number of aryl methyl sites for hydroxylation is 1. The van der Waals surface area contributed by atoms with Gasteiger partial charge in [-0.25, -0.2) is 4.98 Å². The zero-order valence-electron chi connectivity index (χ0n) is 17.2. The van der Waals surface area contributed by atoms with Gasteiger partial charge in [-0.1, -0.05) is 29.8 Å². The van der Waals surface area contributed by atoms with Gasteiger partial charge in [-0.2, -0.15) is 5.26 Å². The summed E-state index contributed by atoms with van der Waals surface area (Å²) in [5.74, 6) is 0.778. The van der Waals surface area contributed by atoms with Gasteiger partial charge in [-0.05, 0) is 61.1 Å². The summed E-state index contributed by atoms with van der Waals surface area (Å²) in [6, 6.07) is 15.4. The molecule has 0 unspecified atom stereocenters. The number of imidazole rings is 1. The van der Waals surface area contributed by atoms with E-state index in [0.717, 1.165) is 24.0 Å². The minimum Gasteiger partial charge on any atom is -0.388 e. The molecule has 31 heavy (non-hydrogen) atoms. The molecule has 0 spiro atoms. The Hall–Kier alpha value is -3.14. The minimum atomic E-state index is -0.231. The molecule has 1 aromatic heterocycles. The lowest BCUT2D eigenvalue weighted by Crippen LogP contribution is -2.37. The topological polar surface area (TPSA) is 93.0 Å². The third-order valence-corrected chi connectivity index (χ3v) is 6.16. The lowest BCUT2D eigenvalue weighted by molar-refractivity contribution is 0.0713. The summed E-state index contributed by atoms with van der Waals surface area (Å²) in [5, 5.41) is 18.6. The molecule has 0 bridgehead atoms. The lowest BCUT2D eigenvalue weighted by Gasteiger charge is -2.32. The van der Waals surface area contributed by atoms with E-state index in [4.69, 9.17) is 16.9 Å². The summed E-state index contributed by atoms with van der Waals surface area (Å²) in [6.07, 6.45) is 1.78. The number of aromatic amines is 1. The summed E-state index contributed by atoms with van der Waals surface area (Å²) in [6.45, 7) is 3.08. The monoisotopic (exact) mass is 434 g/mol. The molecule has 0 aliphatic carbocycles. The van der Waals surface area contributed by atoms with Gasteiger partial charge in [0.2, 0.25) is 0 Å². The molecule has 1 aliphatic rings. The van der Waals surface area contributed by atoms with E-state index in [9.17, 15) is 9.90 Å². The highest BCUT2D eigenvalue weighted by Crippen LogP contribution is 2.31. The Balaban J connectivity index is 1.49. The number of piperidine rings is 1. The molecular weight excluding hydrogens is 412 g/mol. The van der Waals surface area contributed by atoms with Gasteiger partial charge in [0.1, 0.15) is 23.3 Å².